The SMILES string of the molecule is COC(=O)c1c(/N=N/C(C#N)=C(\O)c2nc3c(o2)C=CCC3)n[nH]c1C(C)(C)C. The third-order valence-corrected chi connectivity index (χ3v) is 4.21. The van der Waals surface area contributed by atoms with Crippen LogP contribution in [0.2, 0.25) is 0 Å². The number of aliphatic hydroxyl groups is 1. The molecule has 2 aromatic heterocycles. The van der Waals surface area contributed by atoms with E-state index in [0.29, 0.717) is 23.6 Å². The monoisotopic (exact) mass is 396 g/mol. The molecule has 3 rings (SSSR count). The molecule has 0 aliphatic heterocycles. The third-order valence-electron chi connectivity index (χ3n) is 4.21. The fraction of sp³-hybridized carbons (Fsp3) is 0.368. The Morgan fingerprint density at radius 2 is 2.21 bits per heavy atom. The van der Waals surface area contributed by atoms with E-state index in [2.05, 4.69) is 25.4 Å². The molecule has 0 unspecified atom stereocenters. The Kier molecular flexibility index (Phi) is 5.32. The number of H-pyrrole nitrogens is 1. The lowest BCUT2D eigenvalue weighted by molar-refractivity contribution is 0.0599. The quantitative estimate of drug-likeness (QED) is 0.343. The van der Waals surface area contributed by atoms with Crippen molar-refractivity contribution in [1.82, 2.24) is 15.2 Å². The standard InChI is InChI=1S/C19H20N6O4/c1-19(2,3)15-13(18(27)28-4)16(25-23-15)24-22-11(9-20)14(26)17-21-10-7-5-6-8-12(10)29-17/h6,8,26H,5,7H2,1-4H3,(H,23,25)/b14-11-,24-22+. The van der Waals surface area contributed by atoms with Gasteiger partial charge in [0.2, 0.25) is 17.3 Å². The molecule has 0 aromatic carbocycles. The fourth-order valence-electron chi connectivity index (χ4n) is 2.75. The molecule has 10 heteroatoms. The first-order valence-corrected chi connectivity index (χ1v) is 8.85. The minimum Gasteiger partial charge on any atom is -0.501 e. The van der Waals surface area contributed by atoms with Crippen LogP contribution < -0.4 is 0 Å². The van der Waals surface area contributed by atoms with E-state index in [1.54, 1.807) is 12.1 Å². The van der Waals surface area contributed by atoms with Crippen molar-refractivity contribution in [2.75, 3.05) is 7.11 Å². The number of oxazole rings is 1. The molecule has 0 saturated carbocycles. The average molecular weight is 396 g/mol. The van der Waals surface area contributed by atoms with Gasteiger partial charge >= 0.3 is 5.97 Å². The van der Waals surface area contributed by atoms with Gasteiger partial charge in [-0.3, -0.25) is 5.10 Å². The molecule has 1 aliphatic rings. The lowest BCUT2D eigenvalue weighted by Crippen LogP contribution is -2.17. The second-order valence-electron chi connectivity index (χ2n) is 7.32. The number of rotatable bonds is 4. The molecule has 2 heterocycles. The van der Waals surface area contributed by atoms with Crippen LogP contribution in [0, 0.1) is 11.3 Å². The van der Waals surface area contributed by atoms with Crippen molar-refractivity contribution in [2.24, 2.45) is 10.2 Å². The number of hydrogen-bond donors (Lipinski definition) is 2. The number of fused-ring (bicyclic) bond motifs is 1. The molecular weight excluding hydrogens is 376 g/mol. The maximum atomic E-state index is 12.2. The minimum atomic E-state index is -0.642. The van der Waals surface area contributed by atoms with Crippen LogP contribution in [0.4, 0.5) is 5.82 Å². The Labute approximate surface area is 166 Å². The zero-order valence-corrected chi connectivity index (χ0v) is 16.5. The number of nitriles is 1. The molecule has 0 bridgehead atoms. The fourth-order valence-corrected chi connectivity index (χ4v) is 2.75. The van der Waals surface area contributed by atoms with Gasteiger partial charge in [-0.1, -0.05) is 26.8 Å². The molecule has 0 spiro atoms. The number of carbonyl (C=O) groups excluding carboxylic acids is 1. The highest BCUT2D eigenvalue weighted by atomic mass is 16.5. The molecule has 10 nitrogen and oxygen atoms in total. The maximum Gasteiger partial charge on any atom is 0.343 e. The molecule has 0 amide bonds. The number of methoxy groups -OCH3 is 1. The zero-order chi connectivity index (χ0) is 21.2. The summed E-state index contributed by atoms with van der Waals surface area (Å²) in [5, 5.41) is 34.1. The topological polar surface area (TPSA) is 150 Å². The van der Waals surface area contributed by atoms with Crippen LogP contribution in [0.15, 0.2) is 26.4 Å². The van der Waals surface area contributed by atoms with Gasteiger partial charge in [0.05, 0.1) is 18.5 Å². The normalized spacial score (nSPS) is 14.4. The first kappa shape index (κ1) is 20.0. The van der Waals surface area contributed by atoms with E-state index >= 15 is 0 Å². The van der Waals surface area contributed by atoms with Gasteiger partial charge in [-0.15, -0.1) is 10.2 Å². The Bertz CT molecular complexity index is 1080. The summed E-state index contributed by atoms with van der Waals surface area (Å²) in [7, 11) is 1.24. The van der Waals surface area contributed by atoms with Gasteiger partial charge in [0.15, 0.2) is 5.76 Å². The van der Waals surface area contributed by atoms with E-state index in [0.717, 1.165) is 6.42 Å². The second-order valence-corrected chi connectivity index (χ2v) is 7.32. The van der Waals surface area contributed by atoms with Gasteiger partial charge in [0.25, 0.3) is 5.89 Å². The number of aromatic nitrogens is 3. The molecule has 0 saturated heterocycles. The lowest BCUT2D eigenvalue weighted by Gasteiger charge is -2.17. The van der Waals surface area contributed by atoms with Gasteiger partial charge in [0, 0.05) is 5.41 Å². The predicted octanol–water partition coefficient (Wildman–Crippen LogP) is 3.98. The Morgan fingerprint density at radius 1 is 1.45 bits per heavy atom. The number of esters is 1. The summed E-state index contributed by atoms with van der Waals surface area (Å²) in [6, 6.07) is 1.75. The van der Waals surface area contributed by atoms with Gasteiger partial charge in [-0.2, -0.15) is 10.4 Å². The molecule has 1 aliphatic carbocycles. The summed E-state index contributed by atoms with van der Waals surface area (Å²) in [5.74, 6) is -0.844. The zero-order valence-electron chi connectivity index (χ0n) is 16.5. The highest BCUT2D eigenvalue weighted by Gasteiger charge is 2.29. The number of aromatic amines is 1. The van der Waals surface area contributed by atoms with Crippen LogP contribution in [-0.2, 0) is 16.6 Å². The van der Waals surface area contributed by atoms with E-state index < -0.39 is 22.8 Å². The van der Waals surface area contributed by atoms with Gasteiger partial charge in [-0.05, 0) is 18.9 Å². The molecular formula is C19H20N6O4. The largest absolute Gasteiger partial charge is 0.501 e. The van der Waals surface area contributed by atoms with Gasteiger partial charge in [-0.25, -0.2) is 9.78 Å². The number of nitrogens with zero attached hydrogens (tertiary/aromatic N) is 5. The van der Waals surface area contributed by atoms with Crippen molar-refractivity contribution in [2.45, 2.75) is 39.0 Å². The van der Waals surface area contributed by atoms with Crippen molar-refractivity contribution in [3.63, 3.8) is 0 Å². The van der Waals surface area contributed by atoms with Crippen molar-refractivity contribution in [1.29, 1.82) is 5.26 Å². The van der Waals surface area contributed by atoms with Crippen LogP contribution in [0.3, 0.4) is 0 Å². The molecule has 2 N–H and O–H groups in total. The minimum absolute atomic E-state index is 0.0584. The molecule has 0 atom stereocenters. The van der Waals surface area contributed by atoms with Crippen molar-refractivity contribution in [3.05, 3.63) is 40.4 Å². The van der Waals surface area contributed by atoms with Crippen molar-refractivity contribution >= 4 is 23.6 Å². The van der Waals surface area contributed by atoms with Crippen molar-refractivity contribution < 1.29 is 19.1 Å². The highest BCUT2D eigenvalue weighted by molar-refractivity contribution is 5.95. The number of hydrogen-bond acceptors (Lipinski definition) is 9. The van der Waals surface area contributed by atoms with Crippen LogP contribution in [0.5, 0.6) is 0 Å². The van der Waals surface area contributed by atoms with Crippen LogP contribution in [0.25, 0.3) is 11.8 Å². The number of carbonyl (C=O) groups is 1. The van der Waals surface area contributed by atoms with E-state index in [1.807, 2.05) is 26.8 Å². The molecule has 29 heavy (non-hydrogen) atoms. The lowest BCUT2D eigenvalue weighted by atomic mass is 9.89. The third kappa shape index (κ3) is 3.94. The number of ether oxygens (including phenoxy) is 1. The number of aryl methyl sites for hydroxylation is 1. The summed E-state index contributed by atoms with van der Waals surface area (Å²) >= 11 is 0. The summed E-state index contributed by atoms with van der Waals surface area (Å²) in [4.78, 5) is 16.4. The number of allylic oxidation sites excluding steroid dienone is 2. The van der Waals surface area contributed by atoms with E-state index in [4.69, 9.17) is 9.15 Å². The summed E-state index contributed by atoms with van der Waals surface area (Å²) in [6.45, 7) is 5.66. The number of aliphatic hydroxyl groups excluding tert-OH is 1. The summed E-state index contributed by atoms with van der Waals surface area (Å²) < 4.78 is 10.3. The Morgan fingerprint density at radius 3 is 2.83 bits per heavy atom. The number of nitrogens with one attached hydrogen (secondary N) is 1. The Balaban J connectivity index is 1.99. The molecule has 0 fully saturated rings. The summed E-state index contributed by atoms with van der Waals surface area (Å²) in [6.07, 6.45) is 5.19. The first-order chi connectivity index (χ1) is 13.8. The van der Waals surface area contributed by atoms with Crippen LogP contribution in [-0.4, -0.2) is 33.4 Å². The average Bonchev–Trinajstić information content (AvgIpc) is 3.31. The summed E-state index contributed by atoms with van der Waals surface area (Å²) in [5.41, 5.74) is 0.446. The molecule has 0 radical (unpaired) electrons. The predicted molar refractivity (Wildman–Crippen MR) is 102 cm³/mol. The second kappa shape index (κ2) is 7.71. The van der Waals surface area contributed by atoms with Crippen LogP contribution >= 0.6 is 0 Å². The highest BCUT2D eigenvalue weighted by Crippen LogP contribution is 2.31. The van der Waals surface area contributed by atoms with Gasteiger partial charge in [0.1, 0.15) is 11.6 Å². The molecule has 2 aromatic rings. The van der Waals surface area contributed by atoms with E-state index in [9.17, 15) is 15.2 Å². The maximum absolute atomic E-state index is 12.2. The molecule has 150 valence electrons. The Hall–Kier alpha value is -3.74. The smallest absolute Gasteiger partial charge is 0.343 e. The van der Waals surface area contributed by atoms with E-state index in [-0.39, 0.29) is 17.3 Å². The first-order valence-electron chi connectivity index (χ1n) is 8.85. The number of azo groups is 1. The van der Waals surface area contributed by atoms with Crippen molar-refractivity contribution in [3.8, 4) is 6.07 Å². The van der Waals surface area contributed by atoms with Gasteiger partial charge < -0.3 is 14.3 Å². The van der Waals surface area contributed by atoms with Crippen LogP contribution in [0.1, 0.15) is 60.6 Å². The van der Waals surface area contributed by atoms with E-state index in [1.165, 1.54) is 7.11 Å².